The summed E-state index contributed by atoms with van der Waals surface area (Å²) in [5.41, 5.74) is -2.56. The Balaban J connectivity index is 3.22. The highest BCUT2D eigenvalue weighted by molar-refractivity contribution is 7.89. The Labute approximate surface area is 118 Å². The van der Waals surface area contributed by atoms with Gasteiger partial charge in [0.1, 0.15) is 4.90 Å². The molecule has 1 atom stereocenters. The Morgan fingerprint density at radius 1 is 1.38 bits per heavy atom. The molecule has 0 radical (unpaired) electrons. The van der Waals surface area contributed by atoms with Crippen LogP contribution in [0.25, 0.3) is 0 Å². The molecule has 118 valence electrons. The van der Waals surface area contributed by atoms with Crippen LogP contribution in [0.4, 0.5) is 8.78 Å². The zero-order valence-electron chi connectivity index (χ0n) is 10.8. The van der Waals surface area contributed by atoms with Crippen LogP contribution >= 0.6 is 0 Å². The molecule has 0 saturated carbocycles. The fourth-order valence-corrected chi connectivity index (χ4v) is 2.54. The van der Waals surface area contributed by atoms with Crippen LogP contribution in [0.15, 0.2) is 17.0 Å². The van der Waals surface area contributed by atoms with Gasteiger partial charge in [-0.25, -0.2) is 26.7 Å². The van der Waals surface area contributed by atoms with Crippen LogP contribution in [0.5, 0.6) is 0 Å². The van der Waals surface area contributed by atoms with Gasteiger partial charge in [0.05, 0.1) is 17.8 Å². The third-order valence-electron chi connectivity index (χ3n) is 2.51. The molecule has 1 rings (SSSR count). The molecule has 10 heteroatoms. The Kier molecular flexibility index (Phi) is 4.99. The highest BCUT2D eigenvalue weighted by atomic mass is 32.2. The minimum absolute atomic E-state index is 0.348. The molecule has 0 spiro atoms. The lowest BCUT2D eigenvalue weighted by Gasteiger charge is -2.20. The van der Waals surface area contributed by atoms with E-state index in [2.05, 4.69) is 0 Å². The number of aliphatic hydroxyl groups excluding tert-OH is 1. The first-order chi connectivity index (χ1) is 9.50. The molecule has 0 amide bonds. The number of nitrogens with one attached hydrogen (secondary N) is 1. The van der Waals surface area contributed by atoms with E-state index in [1.807, 2.05) is 0 Å². The van der Waals surface area contributed by atoms with E-state index in [1.54, 1.807) is 4.72 Å². The molecule has 0 fully saturated rings. The van der Waals surface area contributed by atoms with Crippen molar-refractivity contribution in [1.82, 2.24) is 4.72 Å². The first-order valence-electron chi connectivity index (χ1n) is 5.55. The molecule has 0 aliphatic carbocycles. The van der Waals surface area contributed by atoms with Gasteiger partial charge in [0.2, 0.25) is 10.0 Å². The molecule has 1 aromatic rings. The van der Waals surface area contributed by atoms with E-state index < -0.39 is 56.8 Å². The molecule has 0 aliphatic rings. The minimum Gasteiger partial charge on any atom is -0.478 e. The fraction of sp³-hybridized carbons (Fsp3) is 0.364. The number of aliphatic hydroxyl groups is 2. The van der Waals surface area contributed by atoms with E-state index in [4.69, 9.17) is 10.2 Å². The number of hydrogen-bond donors (Lipinski definition) is 4. The van der Waals surface area contributed by atoms with Crippen LogP contribution in [0.2, 0.25) is 0 Å². The Morgan fingerprint density at radius 3 is 2.43 bits per heavy atom. The minimum atomic E-state index is -4.61. The SMILES string of the molecule is CC(O)(CO)CNS(=O)(=O)c1cc(C(=O)O)cc(F)c1F. The summed E-state index contributed by atoms with van der Waals surface area (Å²) in [6.45, 7) is -0.341. The van der Waals surface area contributed by atoms with Gasteiger partial charge in [-0.05, 0) is 19.1 Å². The zero-order chi connectivity index (χ0) is 16.4. The fourth-order valence-electron chi connectivity index (χ4n) is 1.27. The van der Waals surface area contributed by atoms with Crippen LogP contribution in [-0.2, 0) is 10.0 Å². The highest BCUT2D eigenvalue weighted by Gasteiger charge is 2.28. The lowest BCUT2D eigenvalue weighted by molar-refractivity contribution is 0.00680. The maximum Gasteiger partial charge on any atom is 0.335 e. The Hall–Kier alpha value is -1.62. The number of carbonyl (C=O) groups is 1. The van der Waals surface area contributed by atoms with Gasteiger partial charge < -0.3 is 15.3 Å². The first kappa shape index (κ1) is 17.4. The quantitative estimate of drug-likeness (QED) is 0.568. The lowest BCUT2D eigenvalue weighted by atomic mass is 10.1. The van der Waals surface area contributed by atoms with Gasteiger partial charge in [0, 0.05) is 6.54 Å². The number of halogens is 2. The van der Waals surface area contributed by atoms with Gasteiger partial charge in [0.25, 0.3) is 0 Å². The van der Waals surface area contributed by atoms with Crippen LogP contribution in [0.1, 0.15) is 17.3 Å². The molecule has 21 heavy (non-hydrogen) atoms. The molecule has 0 heterocycles. The molecule has 1 unspecified atom stereocenters. The maximum atomic E-state index is 13.5. The lowest BCUT2D eigenvalue weighted by Crippen LogP contribution is -2.43. The average molecular weight is 325 g/mol. The molecule has 1 aromatic carbocycles. The van der Waals surface area contributed by atoms with E-state index in [0.717, 1.165) is 6.92 Å². The van der Waals surface area contributed by atoms with Gasteiger partial charge in [-0.3, -0.25) is 0 Å². The summed E-state index contributed by atoms with van der Waals surface area (Å²) >= 11 is 0. The highest BCUT2D eigenvalue weighted by Crippen LogP contribution is 2.20. The van der Waals surface area contributed by atoms with Crippen LogP contribution in [-0.4, -0.2) is 48.5 Å². The van der Waals surface area contributed by atoms with E-state index in [9.17, 15) is 27.1 Å². The second kappa shape index (κ2) is 6.02. The van der Waals surface area contributed by atoms with E-state index in [0.29, 0.717) is 12.1 Å². The van der Waals surface area contributed by atoms with E-state index in [-0.39, 0.29) is 0 Å². The van der Waals surface area contributed by atoms with Crippen molar-refractivity contribution in [3.63, 3.8) is 0 Å². The molecule has 0 aromatic heterocycles. The number of carboxylic acids is 1. The van der Waals surface area contributed by atoms with E-state index >= 15 is 0 Å². The number of carboxylic acid groups (broad SMARTS) is 1. The van der Waals surface area contributed by atoms with Gasteiger partial charge >= 0.3 is 5.97 Å². The molecule has 0 aliphatic heterocycles. The van der Waals surface area contributed by atoms with Crippen LogP contribution < -0.4 is 4.72 Å². The summed E-state index contributed by atoms with van der Waals surface area (Å²) in [7, 11) is -4.61. The molecule has 0 saturated heterocycles. The molecule has 4 N–H and O–H groups in total. The second-order valence-corrected chi connectivity index (χ2v) is 6.29. The number of hydrogen-bond acceptors (Lipinski definition) is 5. The van der Waals surface area contributed by atoms with E-state index in [1.165, 1.54) is 0 Å². The number of benzene rings is 1. The second-order valence-electron chi connectivity index (χ2n) is 4.55. The van der Waals surface area contributed by atoms with Crippen molar-refractivity contribution in [2.24, 2.45) is 0 Å². The van der Waals surface area contributed by atoms with Gasteiger partial charge in [-0.1, -0.05) is 0 Å². The molecule has 0 bridgehead atoms. The summed E-state index contributed by atoms with van der Waals surface area (Å²) in [5.74, 6) is -5.01. The van der Waals surface area contributed by atoms with Crippen molar-refractivity contribution in [3.05, 3.63) is 29.3 Å². The average Bonchev–Trinajstić information content (AvgIpc) is 2.39. The topological polar surface area (TPSA) is 124 Å². The monoisotopic (exact) mass is 325 g/mol. The Bertz CT molecular complexity index is 659. The predicted molar refractivity (Wildman–Crippen MR) is 66.2 cm³/mol. The third kappa shape index (κ3) is 4.17. The first-order valence-corrected chi connectivity index (χ1v) is 7.04. The number of rotatable bonds is 6. The summed E-state index contributed by atoms with van der Waals surface area (Å²) < 4.78 is 52.2. The number of aromatic carboxylic acids is 1. The molecular weight excluding hydrogens is 312 g/mol. The summed E-state index contributed by atoms with van der Waals surface area (Å²) in [6, 6.07) is 0.803. The summed E-state index contributed by atoms with van der Waals surface area (Å²) in [5, 5.41) is 27.0. The third-order valence-corrected chi connectivity index (χ3v) is 3.92. The van der Waals surface area contributed by atoms with Crippen molar-refractivity contribution in [1.29, 1.82) is 0 Å². The standard InChI is InChI=1S/C11H13F2NO6S/c1-11(18,5-15)4-14-21(19,20)8-3-6(10(16)17)2-7(12)9(8)13/h2-3,14-15,18H,4-5H2,1H3,(H,16,17). The molecular formula is C11H13F2NO6S. The normalized spacial score (nSPS) is 14.7. The van der Waals surface area contributed by atoms with Gasteiger partial charge in [0.15, 0.2) is 11.6 Å². The van der Waals surface area contributed by atoms with Crippen LogP contribution in [0, 0.1) is 11.6 Å². The summed E-state index contributed by atoms with van der Waals surface area (Å²) in [4.78, 5) is 9.53. The van der Waals surface area contributed by atoms with Crippen molar-refractivity contribution in [2.45, 2.75) is 17.4 Å². The van der Waals surface area contributed by atoms with Crippen LogP contribution in [0.3, 0.4) is 0 Å². The van der Waals surface area contributed by atoms with Crippen molar-refractivity contribution in [2.75, 3.05) is 13.2 Å². The maximum absolute atomic E-state index is 13.5. The van der Waals surface area contributed by atoms with Crippen molar-refractivity contribution < 1.29 is 37.3 Å². The van der Waals surface area contributed by atoms with Gasteiger partial charge in [-0.2, -0.15) is 0 Å². The zero-order valence-corrected chi connectivity index (χ0v) is 11.6. The van der Waals surface area contributed by atoms with Gasteiger partial charge in [-0.15, -0.1) is 0 Å². The van der Waals surface area contributed by atoms with Crippen molar-refractivity contribution in [3.8, 4) is 0 Å². The smallest absolute Gasteiger partial charge is 0.335 e. The largest absolute Gasteiger partial charge is 0.478 e. The van der Waals surface area contributed by atoms with Crippen molar-refractivity contribution >= 4 is 16.0 Å². The Morgan fingerprint density at radius 2 is 1.95 bits per heavy atom. The summed E-state index contributed by atoms with van der Waals surface area (Å²) in [6.07, 6.45) is 0. The predicted octanol–water partition coefficient (Wildman–Crippen LogP) is -0.315. The molecule has 7 nitrogen and oxygen atoms in total. The number of sulfonamides is 1.